The number of halogens is 1. The second-order valence-electron chi connectivity index (χ2n) is 5.88. The van der Waals surface area contributed by atoms with Crippen molar-refractivity contribution >= 4 is 17.5 Å². The lowest BCUT2D eigenvalue weighted by atomic mass is 10.0. The number of rotatable bonds is 4. The highest BCUT2D eigenvalue weighted by molar-refractivity contribution is 5.89. The van der Waals surface area contributed by atoms with Crippen molar-refractivity contribution in [1.29, 1.82) is 0 Å². The number of amides is 1. The number of anilines is 1. The van der Waals surface area contributed by atoms with Gasteiger partial charge in [-0.25, -0.2) is 13.9 Å². The second kappa shape index (κ2) is 6.40. The molecule has 0 aliphatic heterocycles. The lowest BCUT2D eigenvalue weighted by molar-refractivity contribution is -0.116. The summed E-state index contributed by atoms with van der Waals surface area (Å²) in [5, 5.41) is 6.89. The average Bonchev–Trinajstić information content (AvgIpc) is 3.25. The van der Waals surface area contributed by atoms with Gasteiger partial charge in [-0.15, -0.1) is 5.10 Å². The molecule has 0 atom stereocenters. The Morgan fingerprint density at radius 2 is 2.15 bits per heavy atom. The molecule has 4 rings (SSSR count). The minimum Gasteiger partial charge on any atom is -0.328 e. The number of carbonyl (C=O) groups excluding carboxylic acids is 1. The molecule has 130 valence electrons. The van der Waals surface area contributed by atoms with E-state index in [-0.39, 0.29) is 24.2 Å². The molecule has 0 saturated carbocycles. The first-order valence-corrected chi connectivity index (χ1v) is 7.98. The summed E-state index contributed by atoms with van der Waals surface area (Å²) < 4.78 is 17.5. The van der Waals surface area contributed by atoms with Crippen molar-refractivity contribution in [3.8, 4) is 11.1 Å². The molecule has 1 aromatic carbocycles. The van der Waals surface area contributed by atoms with E-state index in [2.05, 4.69) is 20.4 Å². The monoisotopic (exact) mass is 350 g/mol. The molecule has 26 heavy (non-hydrogen) atoms. The van der Waals surface area contributed by atoms with E-state index in [1.165, 1.54) is 4.52 Å². The SMILES string of the molecule is Cc1cccc(-c2ccc3nc(NC(=O)Cn4ccnc4)nn3c2)c1F. The first-order chi connectivity index (χ1) is 12.6. The van der Waals surface area contributed by atoms with Crippen molar-refractivity contribution in [3.63, 3.8) is 0 Å². The molecular formula is C18H15FN6O. The van der Waals surface area contributed by atoms with E-state index in [0.29, 0.717) is 22.3 Å². The minimum atomic E-state index is -0.263. The molecule has 0 aliphatic carbocycles. The summed E-state index contributed by atoms with van der Waals surface area (Å²) in [5.74, 6) is -0.332. The predicted molar refractivity (Wildman–Crippen MR) is 94.0 cm³/mol. The lowest BCUT2D eigenvalue weighted by Gasteiger charge is -2.05. The topological polar surface area (TPSA) is 77.1 Å². The fourth-order valence-electron chi connectivity index (χ4n) is 2.68. The Morgan fingerprint density at radius 1 is 1.27 bits per heavy atom. The summed E-state index contributed by atoms with van der Waals surface area (Å²) >= 11 is 0. The summed E-state index contributed by atoms with van der Waals surface area (Å²) in [6, 6.07) is 8.75. The van der Waals surface area contributed by atoms with Crippen molar-refractivity contribution in [3.05, 3.63) is 66.6 Å². The highest BCUT2D eigenvalue weighted by atomic mass is 19.1. The van der Waals surface area contributed by atoms with E-state index in [0.717, 1.165) is 0 Å². The Hall–Kier alpha value is -3.55. The van der Waals surface area contributed by atoms with Gasteiger partial charge in [-0.3, -0.25) is 10.1 Å². The Labute approximate surface area is 148 Å². The molecule has 8 heteroatoms. The smallest absolute Gasteiger partial charge is 0.249 e. The van der Waals surface area contributed by atoms with E-state index >= 15 is 0 Å². The number of imidazole rings is 1. The molecule has 1 N–H and O–H groups in total. The van der Waals surface area contributed by atoms with Crippen molar-refractivity contribution in [2.45, 2.75) is 13.5 Å². The molecule has 0 saturated heterocycles. The third-order valence-electron chi connectivity index (χ3n) is 3.97. The van der Waals surface area contributed by atoms with Gasteiger partial charge in [0.1, 0.15) is 12.4 Å². The van der Waals surface area contributed by atoms with Gasteiger partial charge in [0, 0.05) is 29.7 Å². The van der Waals surface area contributed by atoms with Crippen molar-refractivity contribution in [1.82, 2.24) is 24.1 Å². The molecule has 0 fully saturated rings. The van der Waals surface area contributed by atoms with Gasteiger partial charge in [0.15, 0.2) is 5.65 Å². The predicted octanol–water partition coefficient (Wildman–Crippen LogP) is 2.68. The van der Waals surface area contributed by atoms with Gasteiger partial charge >= 0.3 is 0 Å². The second-order valence-corrected chi connectivity index (χ2v) is 5.88. The van der Waals surface area contributed by atoms with Crippen LogP contribution in [-0.2, 0) is 11.3 Å². The van der Waals surface area contributed by atoms with E-state index in [9.17, 15) is 9.18 Å². The van der Waals surface area contributed by atoms with Crippen LogP contribution in [0.5, 0.6) is 0 Å². The molecule has 0 radical (unpaired) electrons. The molecule has 0 aliphatic rings. The lowest BCUT2D eigenvalue weighted by Crippen LogP contribution is -2.18. The third kappa shape index (κ3) is 3.04. The summed E-state index contributed by atoms with van der Waals surface area (Å²) in [7, 11) is 0. The molecule has 7 nitrogen and oxygen atoms in total. The maximum absolute atomic E-state index is 14.3. The number of nitrogens with zero attached hydrogens (tertiary/aromatic N) is 5. The first-order valence-electron chi connectivity index (χ1n) is 7.98. The minimum absolute atomic E-state index is 0.120. The maximum atomic E-state index is 14.3. The number of carbonyl (C=O) groups is 1. The van der Waals surface area contributed by atoms with Crippen LogP contribution in [0.3, 0.4) is 0 Å². The van der Waals surface area contributed by atoms with Gasteiger partial charge in [-0.1, -0.05) is 18.2 Å². The van der Waals surface area contributed by atoms with Crippen molar-refractivity contribution in [2.75, 3.05) is 5.32 Å². The fraction of sp³-hybridized carbons (Fsp3) is 0.111. The average molecular weight is 350 g/mol. The first kappa shape index (κ1) is 15.9. The van der Waals surface area contributed by atoms with Gasteiger partial charge < -0.3 is 4.57 Å². The normalized spacial score (nSPS) is 11.0. The van der Waals surface area contributed by atoms with Crippen molar-refractivity contribution in [2.24, 2.45) is 0 Å². The number of aromatic nitrogens is 5. The number of benzene rings is 1. The van der Waals surface area contributed by atoms with E-state index in [1.807, 2.05) is 0 Å². The molecule has 1 amide bonds. The van der Waals surface area contributed by atoms with Crippen LogP contribution in [0.4, 0.5) is 10.3 Å². The number of nitrogens with one attached hydrogen (secondary N) is 1. The molecule has 3 heterocycles. The zero-order valence-corrected chi connectivity index (χ0v) is 13.9. The van der Waals surface area contributed by atoms with Crippen LogP contribution >= 0.6 is 0 Å². The zero-order valence-electron chi connectivity index (χ0n) is 13.9. The van der Waals surface area contributed by atoms with Crippen LogP contribution in [0, 0.1) is 12.7 Å². The Morgan fingerprint density at radius 3 is 2.96 bits per heavy atom. The Kier molecular flexibility index (Phi) is 3.92. The van der Waals surface area contributed by atoms with Gasteiger partial charge in [0.25, 0.3) is 0 Å². The quantitative estimate of drug-likeness (QED) is 0.614. The summed E-state index contributed by atoms with van der Waals surface area (Å²) in [6.07, 6.45) is 6.53. The maximum Gasteiger partial charge on any atom is 0.249 e. The number of fused-ring (bicyclic) bond motifs is 1. The summed E-state index contributed by atoms with van der Waals surface area (Å²) in [5.41, 5.74) is 2.31. The van der Waals surface area contributed by atoms with Gasteiger partial charge in [-0.05, 0) is 24.6 Å². The number of pyridine rings is 1. The van der Waals surface area contributed by atoms with Crippen molar-refractivity contribution < 1.29 is 9.18 Å². The third-order valence-corrected chi connectivity index (χ3v) is 3.97. The number of aryl methyl sites for hydroxylation is 1. The molecule has 0 unspecified atom stereocenters. The molecule has 0 bridgehead atoms. The molecule has 4 aromatic rings. The van der Waals surface area contributed by atoms with Gasteiger partial charge in [-0.2, -0.15) is 4.98 Å². The molecular weight excluding hydrogens is 335 g/mol. The van der Waals surface area contributed by atoms with Crippen LogP contribution < -0.4 is 5.32 Å². The van der Waals surface area contributed by atoms with Crippen LogP contribution in [0.2, 0.25) is 0 Å². The number of hydrogen-bond donors (Lipinski definition) is 1. The highest BCUT2D eigenvalue weighted by Crippen LogP contribution is 2.25. The Bertz CT molecular complexity index is 1090. The van der Waals surface area contributed by atoms with E-state index < -0.39 is 0 Å². The van der Waals surface area contributed by atoms with Crippen LogP contribution in [0.25, 0.3) is 16.8 Å². The van der Waals surface area contributed by atoms with Gasteiger partial charge in [0.2, 0.25) is 11.9 Å². The molecule has 0 spiro atoms. The number of hydrogen-bond acceptors (Lipinski definition) is 4. The highest BCUT2D eigenvalue weighted by Gasteiger charge is 2.11. The van der Waals surface area contributed by atoms with E-state index in [1.54, 1.807) is 66.7 Å². The fourth-order valence-corrected chi connectivity index (χ4v) is 2.68. The van der Waals surface area contributed by atoms with E-state index in [4.69, 9.17) is 0 Å². The zero-order chi connectivity index (χ0) is 18.1. The Balaban J connectivity index is 1.59. The summed E-state index contributed by atoms with van der Waals surface area (Å²) in [6.45, 7) is 1.84. The van der Waals surface area contributed by atoms with Gasteiger partial charge in [0.05, 0.1) is 6.33 Å². The largest absolute Gasteiger partial charge is 0.328 e. The van der Waals surface area contributed by atoms with Crippen LogP contribution in [0.1, 0.15) is 5.56 Å². The van der Waals surface area contributed by atoms with Crippen LogP contribution in [-0.4, -0.2) is 30.1 Å². The summed E-state index contributed by atoms with van der Waals surface area (Å²) in [4.78, 5) is 20.2. The standard InChI is InChI=1S/C18H15FN6O/c1-12-3-2-4-14(17(12)19)13-5-6-15-21-18(23-25(15)9-13)22-16(26)10-24-8-7-20-11-24/h2-9,11H,10H2,1H3,(H,22,23,26). The molecule has 3 aromatic heterocycles. The van der Waals surface area contributed by atoms with Crippen LogP contribution in [0.15, 0.2) is 55.2 Å².